The molecule has 0 aromatic heterocycles. The van der Waals surface area contributed by atoms with E-state index in [1.807, 2.05) is 6.92 Å². The van der Waals surface area contributed by atoms with Gasteiger partial charge in [0, 0.05) is 6.21 Å². The Labute approximate surface area is 166 Å². The molecule has 2 aliphatic heterocycles. The van der Waals surface area contributed by atoms with Gasteiger partial charge >= 0.3 is 7.60 Å². The zero-order valence-corrected chi connectivity index (χ0v) is 18.9. The molecule has 158 valence electrons. The topological polar surface area (TPSA) is 60.4 Å². The van der Waals surface area contributed by atoms with E-state index in [9.17, 15) is 4.57 Å². The van der Waals surface area contributed by atoms with Crippen LogP contribution >= 0.6 is 7.60 Å². The Balaban J connectivity index is 2.04. The third-order valence-electron chi connectivity index (χ3n) is 6.15. The summed E-state index contributed by atoms with van der Waals surface area (Å²) in [5.74, 6) is 0.822. The van der Waals surface area contributed by atoms with Crippen molar-refractivity contribution in [3.63, 3.8) is 0 Å². The molecule has 6 heteroatoms. The van der Waals surface area contributed by atoms with Crippen LogP contribution in [0, 0.1) is 11.8 Å². The molecule has 0 aromatic carbocycles. The number of unbranched alkanes of at least 4 members (excludes halogenated alkanes) is 2. The zero-order chi connectivity index (χ0) is 19.9. The summed E-state index contributed by atoms with van der Waals surface area (Å²) in [6.07, 6.45) is 10.5. The van der Waals surface area contributed by atoms with E-state index in [4.69, 9.17) is 13.8 Å². The lowest BCUT2D eigenvalue weighted by molar-refractivity contribution is 0.132. The number of rotatable bonds is 15. The molecule has 1 fully saturated rings. The van der Waals surface area contributed by atoms with Crippen LogP contribution in [0.2, 0.25) is 0 Å². The van der Waals surface area contributed by atoms with Gasteiger partial charge in [0.05, 0.1) is 13.2 Å². The molecule has 5 atom stereocenters. The predicted octanol–water partition coefficient (Wildman–Crippen LogP) is 6.21. The number of hydrogen-bond acceptors (Lipinski definition) is 5. The Morgan fingerprint density at radius 3 is 1.89 bits per heavy atom. The van der Waals surface area contributed by atoms with Gasteiger partial charge in [-0.1, -0.05) is 66.2 Å². The largest absolute Gasteiger partial charge is 0.360 e. The van der Waals surface area contributed by atoms with Crippen molar-refractivity contribution in [1.82, 2.24) is 0 Å². The molecule has 0 bridgehead atoms. The van der Waals surface area contributed by atoms with Crippen molar-refractivity contribution >= 4 is 13.8 Å². The monoisotopic (exact) mass is 401 g/mol. The highest BCUT2D eigenvalue weighted by molar-refractivity contribution is 7.55. The average Bonchev–Trinajstić information content (AvgIpc) is 3.40. The van der Waals surface area contributed by atoms with Gasteiger partial charge in [-0.15, -0.1) is 0 Å². The van der Waals surface area contributed by atoms with Crippen molar-refractivity contribution in [2.75, 3.05) is 13.2 Å². The number of ether oxygens (including phenoxy) is 1. The SMILES string of the molecule is CCCCC(CC)COP(=O)(OCC(CC)CCCC)C1(C)N=CC2OC21. The zero-order valence-electron chi connectivity index (χ0n) is 18.0. The van der Waals surface area contributed by atoms with Crippen molar-refractivity contribution in [1.29, 1.82) is 0 Å². The second-order valence-corrected chi connectivity index (χ2v) is 10.7. The molecule has 2 rings (SSSR count). The van der Waals surface area contributed by atoms with Gasteiger partial charge in [-0.25, -0.2) is 0 Å². The average molecular weight is 402 g/mol. The minimum atomic E-state index is -3.41. The third kappa shape index (κ3) is 5.65. The Morgan fingerprint density at radius 1 is 1.04 bits per heavy atom. The van der Waals surface area contributed by atoms with E-state index in [0.29, 0.717) is 25.0 Å². The van der Waals surface area contributed by atoms with E-state index >= 15 is 0 Å². The van der Waals surface area contributed by atoms with E-state index in [1.54, 1.807) is 6.21 Å². The van der Waals surface area contributed by atoms with Crippen LogP contribution in [0.25, 0.3) is 0 Å². The highest BCUT2D eigenvalue weighted by Gasteiger charge is 2.66. The van der Waals surface area contributed by atoms with Crippen LogP contribution in [0.3, 0.4) is 0 Å². The number of fused-ring (bicyclic) bond motifs is 1. The van der Waals surface area contributed by atoms with E-state index in [1.165, 1.54) is 25.7 Å². The summed E-state index contributed by atoms with van der Waals surface area (Å²) >= 11 is 0. The van der Waals surface area contributed by atoms with Gasteiger partial charge in [0.15, 0.2) is 5.28 Å². The molecule has 1 saturated heterocycles. The van der Waals surface area contributed by atoms with Crippen molar-refractivity contribution in [2.24, 2.45) is 16.8 Å². The molecule has 0 spiro atoms. The van der Waals surface area contributed by atoms with Gasteiger partial charge in [0.1, 0.15) is 12.2 Å². The lowest BCUT2D eigenvalue weighted by atomic mass is 10.0. The molecule has 0 aromatic rings. The first-order chi connectivity index (χ1) is 12.9. The van der Waals surface area contributed by atoms with Crippen molar-refractivity contribution < 1.29 is 18.3 Å². The molecule has 0 N–H and O–H groups in total. The van der Waals surface area contributed by atoms with Crippen LogP contribution in [0.4, 0.5) is 0 Å². The maximum atomic E-state index is 13.9. The quantitative estimate of drug-likeness (QED) is 0.242. The first-order valence-corrected chi connectivity index (χ1v) is 12.6. The summed E-state index contributed by atoms with van der Waals surface area (Å²) in [7, 11) is -3.41. The van der Waals surface area contributed by atoms with E-state index in [2.05, 4.69) is 32.7 Å². The smallest absolute Gasteiger partial charge is 0.360 e. The van der Waals surface area contributed by atoms with E-state index in [0.717, 1.165) is 25.7 Å². The first kappa shape index (κ1) is 23.1. The van der Waals surface area contributed by atoms with Gasteiger partial charge < -0.3 is 13.8 Å². The highest BCUT2D eigenvalue weighted by atomic mass is 31.2. The minimum Gasteiger partial charge on any atom is -0.360 e. The molecule has 0 aliphatic carbocycles. The Hall–Kier alpha value is -0.220. The second-order valence-electron chi connectivity index (χ2n) is 8.32. The summed E-state index contributed by atoms with van der Waals surface area (Å²) in [6.45, 7) is 11.6. The van der Waals surface area contributed by atoms with Crippen LogP contribution in [-0.4, -0.2) is 36.9 Å². The first-order valence-electron chi connectivity index (χ1n) is 11.0. The van der Waals surface area contributed by atoms with E-state index in [-0.39, 0.29) is 12.2 Å². The molecule has 0 saturated carbocycles. The third-order valence-corrected chi connectivity index (χ3v) is 8.61. The van der Waals surface area contributed by atoms with Gasteiger partial charge in [-0.2, -0.15) is 0 Å². The van der Waals surface area contributed by atoms with Gasteiger partial charge in [-0.05, 0) is 31.6 Å². The number of epoxide rings is 1. The maximum absolute atomic E-state index is 13.9. The molecule has 0 amide bonds. The molecular weight excluding hydrogens is 361 g/mol. The molecule has 5 nitrogen and oxygen atoms in total. The predicted molar refractivity (Wildman–Crippen MR) is 112 cm³/mol. The van der Waals surface area contributed by atoms with Crippen LogP contribution < -0.4 is 0 Å². The maximum Gasteiger partial charge on any atom is 0.360 e. The Morgan fingerprint density at radius 2 is 1.56 bits per heavy atom. The Bertz CT molecular complexity index is 502. The summed E-state index contributed by atoms with van der Waals surface area (Å²) in [6, 6.07) is 0. The van der Waals surface area contributed by atoms with Crippen molar-refractivity contribution in [3.05, 3.63) is 0 Å². The van der Waals surface area contributed by atoms with Crippen LogP contribution in [0.15, 0.2) is 4.99 Å². The van der Waals surface area contributed by atoms with Gasteiger partial charge in [0.2, 0.25) is 0 Å². The van der Waals surface area contributed by atoms with Gasteiger partial charge in [0.25, 0.3) is 0 Å². The highest BCUT2D eigenvalue weighted by Crippen LogP contribution is 2.67. The van der Waals surface area contributed by atoms with Crippen molar-refractivity contribution in [3.8, 4) is 0 Å². The summed E-state index contributed by atoms with van der Waals surface area (Å²) in [5.41, 5.74) is 0. The fourth-order valence-electron chi connectivity index (χ4n) is 3.70. The van der Waals surface area contributed by atoms with E-state index < -0.39 is 12.9 Å². The standard InChI is InChI=1S/C21H40NO4P/c1-6-10-12-17(8-3)15-24-27(23,21(5)20-19(26-20)14-22-21)25-16-18(9-4)13-11-7-2/h14,17-20H,6-13,15-16H2,1-5H3. The molecule has 27 heavy (non-hydrogen) atoms. The molecule has 2 aliphatic rings. The molecule has 2 heterocycles. The Kier molecular flexibility index (Phi) is 8.99. The lowest BCUT2D eigenvalue weighted by Gasteiger charge is -2.33. The summed E-state index contributed by atoms with van der Waals surface area (Å²) in [4.78, 5) is 4.54. The normalized spacial score (nSPS) is 30.7. The summed E-state index contributed by atoms with van der Waals surface area (Å²) < 4.78 is 31.8. The molecule has 0 radical (unpaired) electrons. The number of hydrogen-bond donors (Lipinski definition) is 0. The second kappa shape index (κ2) is 10.5. The van der Waals surface area contributed by atoms with Crippen LogP contribution in [0.5, 0.6) is 0 Å². The van der Waals surface area contributed by atoms with Crippen LogP contribution in [-0.2, 0) is 18.3 Å². The van der Waals surface area contributed by atoms with Crippen LogP contribution in [0.1, 0.15) is 86.0 Å². The van der Waals surface area contributed by atoms with Gasteiger partial charge in [-0.3, -0.25) is 9.56 Å². The molecular formula is C21H40NO4P. The fraction of sp³-hybridized carbons (Fsp3) is 0.952. The fourth-order valence-corrected chi connectivity index (χ4v) is 5.84. The molecule has 5 unspecified atom stereocenters. The van der Waals surface area contributed by atoms with Crippen molar-refractivity contribution in [2.45, 2.75) is 103 Å². The summed E-state index contributed by atoms with van der Waals surface area (Å²) in [5, 5.41) is -0.899. The lowest BCUT2D eigenvalue weighted by Crippen LogP contribution is -2.31. The number of aliphatic imine (C=N–C) groups is 1. The number of nitrogens with zero attached hydrogens (tertiary/aromatic N) is 1. The minimum absolute atomic E-state index is 0.0142.